The van der Waals surface area contributed by atoms with Crippen molar-refractivity contribution < 1.29 is 0 Å². The fourth-order valence-electron chi connectivity index (χ4n) is 1.37. The maximum absolute atomic E-state index is 5.76. The number of hydrogen-bond donors (Lipinski definition) is 3. The monoisotopic (exact) mass is 277 g/mol. The quantitative estimate of drug-likeness (QED) is 0.565. The molecule has 2 rings (SSSR count). The van der Waals surface area contributed by atoms with Crippen molar-refractivity contribution in [3.63, 3.8) is 0 Å². The summed E-state index contributed by atoms with van der Waals surface area (Å²) in [7, 11) is 0. The number of anilines is 3. The van der Waals surface area contributed by atoms with Gasteiger partial charge in [0.2, 0.25) is 0 Å². The predicted molar refractivity (Wildman–Crippen MR) is 75.5 cm³/mol. The maximum Gasteiger partial charge on any atom is 0.197 e. The molecular formula is C11H15N7S. The van der Waals surface area contributed by atoms with E-state index >= 15 is 0 Å². The second-order valence-corrected chi connectivity index (χ2v) is 5.23. The van der Waals surface area contributed by atoms with Gasteiger partial charge < -0.3 is 17.2 Å². The molecule has 8 heteroatoms. The largest absolute Gasteiger partial charge is 0.384 e. The molecule has 19 heavy (non-hydrogen) atoms. The summed E-state index contributed by atoms with van der Waals surface area (Å²) in [4.78, 5) is 16.7. The molecule has 0 fully saturated rings. The van der Waals surface area contributed by atoms with E-state index in [1.54, 1.807) is 6.07 Å². The zero-order valence-electron chi connectivity index (χ0n) is 10.7. The second-order valence-electron chi connectivity index (χ2n) is 4.25. The Hall–Kier alpha value is -2.09. The first kappa shape index (κ1) is 13.3. The highest BCUT2D eigenvalue weighted by Gasteiger charge is 2.10. The zero-order valence-corrected chi connectivity index (χ0v) is 11.5. The van der Waals surface area contributed by atoms with Crippen molar-refractivity contribution in [2.24, 2.45) is 0 Å². The Bertz CT molecular complexity index is 579. The topological polar surface area (TPSA) is 130 Å². The van der Waals surface area contributed by atoms with E-state index in [1.807, 2.05) is 13.8 Å². The van der Waals surface area contributed by atoms with E-state index in [1.165, 1.54) is 17.8 Å². The first-order chi connectivity index (χ1) is 8.94. The molecule has 100 valence electrons. The smallest absolute Gasteiger partial charge is 0.197 e. The summed E-state index contributed by atoms with van der Waals surface area (Å²) in [5.74, 6) is 1.93. The highest BCUT2D eigenvalue weighted by atomic mass is 32.2. The molecule has 0 unspecified atom stereocenters. The van der Waals surface area contributed by atoms with Gasteiger partial charge in [0.25, 0.3) is 0 Å². The van der Waals surface area contributed by atoms with Crippen LogP contribution in [0.3, 0.4) is 0 Å². The van der Waals surface area contributed by atoms with Gasteiger partial charge in [-0.3, -0.25) is 0 Å². The lowest BCUT2D eigenvalue weighted by atomic mass is 10.2. The minimum absolute atomic E-state index is 0.190. The van der Waals surface area contributed by atoms with Gasteiger partial charge in [-0.15, -0.1) is 0 Å². The Morgan fingerprint density at radius 3 is 2.05 bits per heavy atom. The maximum atomic E-state index is 5.76. The Morgan fingerprint density at radius 2 is 1.47 bits per heavy atom. The molecule has 0 bridgehead atoms. The van der Waals surface area contributed by atoms with Crippen molar-refractivity contribution in [3.05, 3.63) is 18.0 Å². The predicted octanol–water partition coefficient (Wildman–Crippen LogP) is 1.29. The molecule has 0 saturated heterocycles. The van der Waals surface area contributed by atoms with Crippen LogP contribution < -0.4 is 17.2 Å². The molecule has 2 aromatic heterocycles. The first-order valence-electron chi connectivity index (χ1n) is 5.66. The number of nitrogens with zero attached hydrogens (tertiary/aromatic N) is 4. The summed E-state index contributed by atoms with van der Waals surface area (Å²) in [6, 6.07) is 3.16. The van der Waals surface area contributed by atoms with Gasteiger partial charge in [0.05, 0.1) is 0 Å². The third-order valence-electron chi connectivity index (χ3n) is 2.20. The molecule has 0 aliphatic rings. The summed E-state index contributed by atoms with van der Waals surface area (Å²) >= 11 is 1.25. The Morgan fingerprint density at radius 1 is 0.895 bits per heavy atom. The van der Waals surface area contributed by atoms with Crippen LogP contribution in [0.15, 0.2) is 22.3 Å². The summed E-state index contributed by atoms with van der Waals surface area (Å²) in [6.45, 7) is 4.00. The van der Waals surface area contributed by atoms with E-state index in [2.05, 4.69) is 19.9 Å². The highest BCUT2D eigenvalue weighted by Crippen LogP contribution is 2.26. The van der Waals surface area contributed by atoms with Crippen LogP contribution in [-0.4, -0.2) is 19.9 Å². The molecule has 0 amide bonds. The average molecular weight is 277 g/mol. The molecule has 0 spiro atoms. The van der Waals surface area contributed by atoms with Crippen molar-refractivity contribution in [2.75, 3.05) is 17.2 Å². The number of nitrogens with two attached hydrogens (primary N) is 3. The van der Waals surface area contributed by atoms with Crippen LogP contribution in [0.25, 0.3) is 0 Å². The summed E-state index contributed by atoms with van der Waals surface area (Å²) in [6.07, 6.45) is 0. The Balaban J connectivity index is 2.32. The van der Waals surface area contributed by atoms with Crippen molar-refractivity contribution >= 4 is 29.2 Å². The lowest BCUT2D eigenvalue weighted by Gasteiger charge is -2.07. The molecule has 7 nitrogen and oxygen atoms in total. The van der Waals surface area contributed by atoms with Crippen LogP contribution in [0.2, 0.25) is 0 Å². The molecule has 2 aromatic rings. The van der Waals surface area contributed by atoms with Crippen LogP contribution in [0.5, 0.6) is 0 Å². The molecule has 0 atom stereocenters. The van der Waals surface area contributed by atoms with Gasteiger partial charge in [-0.1, -0.05) is 13.8 Å². The van der Waals surface area contributed by atoms with Gasteiger partial charge in [-0.25, -0.2) is 19.9 Å². The third kappa shape index (κ3) is 3.44. The molecule has 0 aliphatic carbocycles. The van der Waals surface area contributed by atoms with Gasteiger partial charge in [-0.05, 0) is 11.8 Å². The zero-order chi connectivity index (χ0) is 14.0. The van der Waals surface area contributed by atoms with E-state index in [0.29, 0.717) is 33.5 Å². The van der Waals surface area contributed by atoms with E-state index in [9.17, 15) is 0 Å². The molecule has 0 aromatic carbocycles. The minimum Gasteiger partial charge on any atom is -0.384 e. The van der Waals surface area contributed by atoms with E-state index in [4.69, 9.17) is 17.2 Å². The third-order valence-corrected chi connectivity index (χ3v) is 2.98. The van der Waals surface area contributed by atoms with Crippen LogP contribution in [0, 0.1) is 0 Å². The molecule has 0 saturated carbocycles. The number of nitrogen functional groups attached to an aromatic ring is 3. The Kier molecular flexibility index (Phi) is 3.70. The van der Waals surface area contributed by atoms with Gasteiger partial charge in [0.15, 0.2) is 5.16 Å². The first-order valence-corrected chi connectivity index (χ1v) is 6.48. The fourth-order valence-corrected chi connectivity index (χ4v) is 2.18. The summed E-state index contributed by atoms with van der Waals surface area (Å²) in [5.41, 5.74) is 17.0. The van der Waals surface area contributed by atoms with Gasteiger partial charge in [0, 0.05) is 18.1 Å². The van der Waals surface area contributed by atoms with E-state index in [0.717, 1.165) is 0 Å². The summed E-state index contributed by atoms with van der Waals surface area (Å²) < 4.78 is 0. The molecule has 0 radical (unpaired) electrons. The normalized spacial score (nSPS) is 10.9. The molecule has 6 N–H and O–H groups in total. The van der Waals surface area contributed by atoms with Gasteiger partial charge >= 0.3 is 0 Å². The lowest BCUT2D eigenvalue weighted by Crippen LogP contribution is -2.03. The second kappa shape index (κ2) is 5.27. The van der Waals surface area contributed by atoms with E-state index < -0.39 is 0 Å². The van der Waals surface area contributed by atoms with Crippen molar-refractivity contribution in [1.82, 2.24) is 19.9 Å². The standard InChI is InChI=1S/C11H15N7S/c1-5(2)10-15-8(14)4-9(18-10)19-11-16-6(12)3-7(13)17-11/h3-5H,1-2H3,(H2,14,15,18)(H4,12,13,16,17). The minimum atomic E-state index is 0.190. The van der Waals surface area contributed by atoms with Crippen LogP contribution in [0.4, 0.5) is 17.5 Å². The van der Waals surface area contributed by atoms with Crippen molar-refractivity contribution in [2.45, 2.75) is 29.9 Å². The van der Waals surface area contributed by atoms with Gasteiger partial charge in [-0.2, -0.15) is 0 Å². The fraction of sp³-hybridized carbons (Fsp3) is 0.273. The Labute approximate surface area is 115 Å². The van der Waals surface area contributed by atoms with Crippen molar-refractivity contribution in [1.29, 1.82) is 0 Å². The molecule has 2 heterocycles. The molecule has 0 aliphatic heterocycles. The van der Waals surface area contributed by atoms with E-state index in [-0.39, 0.29) is 5.92 Å². The summed E-state index contributed by atoms with van der Waals surface area (Å²) in [5, 5.41) is 1.10. The lowest BCUT2D eigenvalue weighted by molar-refractivity contribution is 0.756. The van der Waals surface area contributed by atoms with Crippen LogP contribution in [0.1, 0.15) is 25.6 Å². The number of rotatable bonds is 3. The number of aromatic nitrogens is 4. The van der Waals surface area contributed by atoms with Gasteiger partial charge in [0.1, 0.15) is 28.3 Å². The SMILES string of the molecule is CC(C)c1nc(N)cc(Sc2nc(N)cc(N)n2)n1. The number of hydrogen-bond acceptors (Lipinski definition) is 8. The van der Waals surface area contributed by atoms with Crippen LogP contribution >= 0.6 is 11.8 Å². The highest BCUT2D eigenvalue weighted by molar-refractivity contribution is 7.99. The van der Waals surface area contributed by atoms with Crippen LogP contribution in [-0.2, 0) is 0 Å². The average Bonchev–Trinajstić information content (AvgIpc) is 2.26. The van der Waals surface area contributed by atoms with Crippen molar-refractivity contribution in [3.8, 4) is 0 Å². The molecular weight excluding hydrogens is 262 g/mol.